The Balaban J connectivity index is 0.000000130. The first-order valence-electron chi connectivity index (χ1n) is 36.8. The molecule has 0 saturated heterocycles. The van der Waals surface area contributed by atoms with Crippen molar-refractivity contribution in [3.05, 3.63) is 314 Å². The summed E-state index contributed by atoms with van der Waals surface area (Å²) in [6.45, 7) is 6.96. The highest BCUT2D eigenvalue weighted by Crippen LogP contribution is 2.39. The minimum atomic E-state index is -0.627. The molecule has 7 aromatic carbocycles. The van der Waals surface area contributed by atoms with Gasteiger partial charge in [-0.05, 0) is 145 Å². The third kappa shape index (κ3) is 14.8. The fourth-order valence-corrected chi connectivity index (χ4v) is 14.8. The number of benzene rings is 7. The predicted molar refractivity (Wildman–Crippen MR) is 426 cm³/mol. The molecular formula is C89H70F3N11O12. The fourth-order valence-electron chi connectivity index (χ4n) is 14.8. The van der Waals surface area contributed by atoms with Crippen LogP contribution in [0.15, 0.2) is 246 Å². The second-order valence-electron chi connectivity index (χ2n) is 27.4. The van der Waals surface area contributed by atoms with Crippen molar-refractivity contribution in [2.75, 3.05) is 21.3 Å². The summed E-state index contributed by atoms with van der Waals surface area (Å²) in [6, 6.07) is 50.7. The maximum atomic E-state index is 15.2. The van der Waals surface area contributed by atoms with E-state index >= 15 is 13.2 Å². The van der Waals surface area contributed by atoms with E-state index in [1.54, 1.807) is 194 Å². The van der Waals surface area contributed by atoms with Gasteiger partial charge in [-0.25, -0.2) is 27.2 Å². The molecule has 8 aromatic heterocycles. The number of methoxy groups -OCH3 is 3. The van der Waals surface area contributed by atoms with E-state index < -0.39 is 23.2 Å². The molecule has 0 amide bonds. The quantitative estimate of drug-likeness (QED) is 0.0606. The molecule has 0 spiro atoms. The molecule has 0 bridgehead atoms. The topological polar surface area (TPSA) is 252 Å². The Hall–Kier alpha value is -14.6. The van der Waals surface area contributed by atoms with Crippen molar-refractivity contribution in [1.29, 1.82) is 0 Å². The molecule has 0 N–H and O–H groups in total. The zero-order valence-corrected chi connectivity index (χ0v) is 62.3. The van der Waals surface area contributed by atoms with Crippen LogP contribution < -0.4 is 45.1 Å². The van der Waals surface area contributed by atoms with Crippen LogP contribution in [-0.4, -0.2) is 91.7 Å². The van der Waals surface area contributed by atoms with Crippen molar-refractivity contribution >= 4 is 55.8 Å². The molecule has 115 heavy (non-hydrogen) atoms. The lowest BCUT2D eigenvalue weighted by atomic mass is 9.99. The maximum Gasteiger partial charge on any atom is 0.278 e. The van der Waals surface area contributed by atoms with Gasteiger partial charge < -0.3 is 28.4 Å². The summed E-state index contributed by atoms with van der Waals surface area (Å²) in [5.74, 6) is 0.385. The van der Waals surface area contributed by atoms with Crippen molar-refractivity contribution < 1.29 is 56.0 Å². The molecule has 0 fully saturated rings. The Morgan fingerprint density at radius 1 is 0.374 bits per heavy atom. The average molecular weight is 1540 g/mol. The molecule has 0 radical (unpaired) electrons. The summed E-state index contributed by atoms with van der Waals surface area (Å²) < 4.78 is 89.0. The summed E-state index contributed by atoms with van der Waals surface area (Å²) in [4.78, 5) is 101. The number of ether oxygens (including phenoxy) is 6. The van der Waals surface area contributed by atoms with E-state index in [0.29, 0.717) is 146 Å². The highest BCUT2D eigenvalue weighted by Gasteiger charge is 2.33. The van der Waals surface area contributed by atoms with Crippen LogP contribution in [0.1, 0.15) is 67.0 Å². The zero-order valence-electron chi connectivity index (χ0n) is 62.3. The molecule has 18 rings (SSSR count). The molecule has 0 unspecified atom stereocenters. The third-order valence-electron chi connectivity index (χ3n) is 20.3. The van der Waals surface area contributed by atoms with Crippen LogP contribution in [0.4, 0.5) is 13.2 Å². The average Bonchev–Trinajstić information content (AvgIpc) is 1.55. The highest BCUT2D eigenvalue weighted by molar-refractivity contribution is 6.05. The molecule has 11 heterocycles. The van der Waals surface area contributed by atoms with Crippen LogP contribution in [0.25, 0.3) is 72.2 Å². The molecule has 574 valence electrons. The third-order valence-corrected chi connectivity index (χ3v) is 20.3. The maximum absolute atomic E-state index is 15.2. The van der Waals surface area contributed by atoms with Crippen LogP contribution >= 0.6 is 0 Å². The molecule has 3 aliphatic rings. The molecule has 23 nitrogen and oxygen atoms in total. The van der Waals surface area contributed by atoms with Gasteiger partial charge in [0.25, 0.3) is 16.7 Å². The monoisotopic (exact) mass is 1540 g/mol. The lowest BCUT2D eigenvalue weighted by Gasteiger charge is -2.11. The number of Topliss-reactive ketones (excluding diaryl/α,β-unsaturated/α-hetero) is 3. The smallest absolute Gasteiger partial charge is 0.278 e. The first kappa shape index (κ1) is 74.5. The van der Waals surface area contributed by atoms with Crippen molar-refractivity contribution in [2.45, 2.75) is 71.2 Å². The van der Waals surface area contributed by atoms with E-state index in [9.17, 15) is 28.8 Å². The van der Waals surface area contributed by atoms with E-state index in [1.807, 2.05) is 39.7 Å². The number of pyridine rings is 5. The number of hydrogen-bond acceptors (Lipinski definition) is 17. The fraction of sp³-hybridized carbons (Fsp3) is 0.157. The van der Waals surface area contributed by atoms with E-state index in [2.05, 4.69) is 31.5 Å². The second kappa shape index (κ2) is 32.0. The summed E-state index contributed by atoms with van der Waals surface area (Å²) >= 11 is 0. The predicted octanol–water partition coefficient (Wildman–Crippen LogP) is 16.2. The summed E-state index contributed by atoms with van der Waals surface area (Å²) in [5.41, 5.74) is 7.27. The molecule has 0 aliphatic carbocycles. The standard InChI is InChI=1S/C30H23FN4O4.C30H24FN3O4.C29H23FN4O4/c1-18-10-14-34-30(37)28(29(35(18)34)20-7-11-32-12-8-20)25(36)16-19-3-6-27(23(31)15-19)39-26-9-13-33-24-17-21(38-2)4-5-22(24)26;1-37-21-9-10-22-24(18-21)32-13-12-26(22)38-27-11-8-19(16-23(27)31)17-25(35)28-29(20-6-3-2-4-7-20)33-14-5-15-34(33)30(28)36;1-37-20-4-5-21-23(17-20)32-12-9-25(21)38-26-6-3-18(15-22(26)30)16-24(35)27-28(19-7-10-31-11-8-19)33-13-2-14-34(33)29(27)36/h3-9,11-13,15,17H,1,10,14,16H2,2H3;2-4,6-13,16,18H,5,14-15,17H2,1H3;3-12,15,17H,2,13-14,16H2,1H3. The molecule has 0 saturated carbocycles. The minimum absolute atomic E-state index is 0.00574. The van der Waals surface area contributed by atoms with Crippen molar-refractivity contribution in [3.8, 4) is 85.5 Å². The normalized spacial score (nSPS) is 12.5. The number of carbonyl (C=O) groups is 3. The minimum Gasteiger partial charge on any atom is -0.497 e. The lowest BCUT2D eigenvalue weighted by molar-refractivity contribution is 0.0984. The first-order chi connectivity index (χ1) is 56.0. The van der Waals surface area contributed by atoms with E-state index in [-0.39, 0.29) is 81.4 Å². The van der Waals surface area contributed by atoms with Crippen LogP contribution in [-0.2, 0) is 52.0 Å². The van der Waals surface area contributed by atoms with Gasteiger partial charge in [-0.2, -0.15) is 0 Å². The molecule has 0 atom stereocenters. The van der Waals surface area contributed by atoms with Gasteiger partial charge in [0.15, 0.2) is 52.0 Å². The summed E-state index contributed by atoms with van der Waals surface area (Å²) in [5, 5.41) is 2.12. The van der Waals surface area contributed by atoms with Gasteiger partial charge in [0, 0.05) is 159 Å². The summed E-state index contributed by atoms with van der Waals surface area (Å²) in [6.07, 6.45) is 13.1. The summed E-state index contributed by atoms with van der Waals surface area (Å²) in [7, 11) is 4.72. The highest BCUT2D eigenvalue weighted by atomic mass is 19.1. The van der Waals surface area contributed by atoms with Crippen LogP contribution in [0.2, 0.25) is 0 Å². The van der Waals surface area contributed by atoms with E-state index in [0.717, 1.165) is 29.7 Å². The number of fused-ring (bicyclic) bond motifs is 6. The number of carbonyl (C=O) groups excluding carboxylic acids is 3. The molecule has 26 heteroatoms. The number of hydrogen-bond donors (Lipinski definition) is 0. The van der Waals surface area contributed by atoms with Crippen LogP contribution in [0.3, 0.4) is 0 Å². The zero-order chi connectivity index (χ0) is 79.5. The Morgan fingerprint density at radius 3 is 1.10 bits per heavy atom. The van der Waals surface area contributed by atoms with Crippen LogP contribution in [0.5, 0.6) is 51.7 Å². The Kier molecular flexibility index (Phi) is 20.8. The number of aromatic nitrogens is 11. The largest absolute Gasteiger partial charge is 0.497 e. The Morgan fingerprint density at radius 2 is 0.722 bits per heavy atom. The van der Waals surface area contributed by atoms with E-state index in [4.69, 9.17) is 28.4 Å². The Bertz CT molecular complexity index is 6300. The van der Waals surface area contributed by atoms with Gasteiger partial charge in [-0.3, -0.25) is 67.7 Å². The number of allylic oxidation sites excluding steroid dienone is 1. The van der Waals surface area contributed by atoms with Crippen molar-refractivity contribution in [2.24, 2.45) is 0 Å². The number of nitrogens with zero attached hydrogens (tertiary/aromatic N) is 11. The number of halogens is 3. The second-order valence-corrected chi connectivity index (χ2v) is 27.4. The SMILES string of the molecule is C=C1CCn2c(=O)c(C(=O)Cc3ccc(Oc4ccnc5cc(OC)ccc45)c(F)c3)c(-c3ccncc3)n21.COc1ccc2c(Oc3ccc(CC(=O)c4c(-c5ccccc5)n5n(c4=O)CCC5)cc3F)ccnc2c1.COc1ccc2c(Oc3ccc(CC(=O)c4c(-c5ccncc5)n5n(c4=O)CCC5)cc3F)ccnc2c1. The number of rotatable bonds is 21. The van der Waals surface area contributed by atoms with E-state index in [1.165, 1.54) is 41.1 Å². The van der Waals surface area contributed by atoms with Crippen molar-refractivity contribution in [1.82, 2.24) is 53.0 Å². The Labute approximate surface area is 653 Å². The molecule has 3 aliphatic heterocycles. The number of ketones is 3. The van der Waals surface area contributed by atoms with Gasteiger partial charge >= 0.3 is 0 Å². The van der Waals surface area contributed by atoms with Gasteiger partial charge in [-0.1, -0.05) is 55.1 Å². The van der Waals surface area contributed by atoms with Gasteiger partial charge in [-0.15, -0.1) is 0 Å². The van der Waals surface area contributed by atoms with Crippen LogP contribution in [0, 0.1) is 17.5 Å². The first-order valence-corrected chi connectivity index (χ1v) is 36.8. The van der Waals surface area contributed by atoms with Gasteiger partial charge in [0.2, 0.25) is 0 Å². The molecule has 15 aromatic rings. The van der Waals surface area contributed by atoms with Crippen molar-refractivity contribution in [3.63, 3.8) is 0 Å². The lowest BCUT2D eigenvalue weighted by Crippen LogP contribution is -2.22. The van der Waals surface area contributed by atoms with Gasteiger partial charge in [0.1, 0.15) is 51.2 Å². The van der Waals surface area contributed by atoms with Gasteiger partial charge in [0.05, 0.1) is 55.0 Å². The molecular weight excluding hydrogens is 1470 g/mol.